The van der Waals surface area contributed by atoms with Gasteiger partial charge in [0.15, 0.2) is 0 Å². The highest BCUT2D eigenvalue weighted by molar-refractivity contribution is 6.30. The molecule has 0 saturated carbocycles. The first-order chi connectivity index (χ1) is 14.5. The highest BCUT2D eigenvalue weighted by atomic mass is 35.5. The molecular formula is C24H32ClN3O2. The van der Waals surface area contributed by atoms with Crippen molar-refractivity contribution < 1.29 is 9.53 Å². The van der Waals surface area contributed by atoms with Gasteiger partial charge in [-0.15, -0.1) is 0 Å². The van der Waals surface area contributed by atoms with Gasteiger partial charge in [-0.3, -0.25) is 0 Å². The van der Waals surface area contributed by atoms with Crippen molar-refractivity contribution in [2.45, 2.75) is 44.8 Å². The van der Waals surface area contributed by atoms with Crippen LogP contribution in [0.15, 0.2) is 48.5 Å². The number of ether oxygens (including phenoxy) is 1. The molecule has 0 radical (unpaired) electrons. The number of nitrogens with two attached hydrogens (primary N) is 1. The average molecular weight is 430 g/mol. The van der Waals surface area contributed by atoms with E-state index in [1.54, 1.807) is 0 Å². The summed E-state index contributed by atoms with van der Waals surface area (Å²) in [6.07, 6.45) is 3.22. The lowest BCUT2D eigenvalue weighted by Crippen LogP contribution is -2.47. The molecule has 1 aliphatic heterocycles. The van der Waals surface area contributed by atoms with E-state index in [4.69, 9.17) is 22.1 Å². The third-order valence-electron chi connectivity index (χ3n) is 6.01. The van der Waals surface area contributed by atoms with Gasteiger partial charge < -0.3 is 20.3 Å². The molecule has 5 nitrogen and oxygen atoms in total. The monoisotopic (exact) mass is 429 g/mol. The number of esters is 1. The van der Waals surface area contributed by atoms with Gasteiger partial charge >= 0.3 is 5.97 Å². The van der Waals surface area contributed by atoms with Gasteiger partial charge in [-0.05, 0) is 74.7 Å². The van der Waals surface area contributed by atoms with Crippen molar-refractivity contribution in [3.8, 4) is 0 Å². The van der Waals surface area contributed by atoms with E-state index in [-0.39, 0.29) is 5.97 Å². The highest BCUT2D eigenvalue weighted by Crippen LogP contribution is 2.28. The number of nitrogens with zero attached hydrogens (tertiary/aromatic N) is 2. The summed E-state index contributed by atoms with van der Waals surface area (Å²) in [5.41, 5.74) is 8.60. The van der Waals surface area contributed by atoms with Crippen LogP contribution in [0, 0.1) is 0 Å². The average Bonchev–Trinajstić information content (AvgIpc) is 2.77. The van der Waals surface area contributed by atoms with Crippen molar-refractivity contribution in [3.05, 3.63) is 64.7 Å². The first-order valence-electron chi connectivity index (χ1n) is 10.7. The highest BCUT2D eigenvalue weighted by Gasteiger charge is 2.27. The number of rotatable bonds is 8. The summed E-state index contributed by atoms with van der Waals surface area (Å²) < 4.78 is 4.83. The van der Waals surface area contributed by atoms with Gasteiger partial charge in [0.1, 0.15) is 0 Å². The lowest BCUT2D eigenvalue weighted by atomic mass is 9.99. The molecule has 3 rings (SSSR count). The Morgan fingerprint density at radius 2 is 1.93 bits per heavy atom. The van der Waals surface area contributed by atoms with E-state index in [1.807, 2.05) is 42.5 Å². The van der Waals surface area contributed by atoms with Crippen molar-refractivity contribution in [2.75, 3.05) is 31.6 Å². The standard InChI is InChI=1S/C24H32ClN3O2/c1-18(10-13-26)27-14-11-23(12-15-27)28(17-19-4-3-5-21(25)16-19)22-8-6-20(7-9-22)24(29)30-2/h3-9,16,18,23H,10-15,17,26H2,1-2H3. The van der Waals surface area contributed by atoms with Crippen molar-refractivity contribution >= 4 is 23.3 Å². The molecule has 0 spiro atoms. The number of halogens is 1. The number of anilines is 1. The number of piperidine rings is 1. The zero-order chi connectivity index (χ0) is 21.5. The summed E-state index contributed by atoms with van der Waals surface area (Å²) in [6, 6.07) is 16.7. The second kappa shape index (κ2) is 10.8. The van der Waals surface area contributed by atoms with Gasteiger partial charge in [0.05, 0.1) is 12.7 Å². The molecule has 30 heavy (non-hydrogen) atoms. The zero-order valence-corrected chi connectivity index (χ0v) is 18.6. The van der Waals surface area contributed by atoms with E-state index in [9.17, 15) is 4.79 Å². The summed E-state index contributed by atoms with van der Waals surface area (Å²) in [5.74, 6) is -0.315. The SMILES string of the molecule is COC(=O)c1ccc(N(Cc2cccc(Cl)c2)C2CCN(C(C)CCN)CC2)cc1. The van der Waals surface area contributed by atoms with E-state index in [0.717, 1.165) is 56.2 Å². The second-order valence-electron chi connectivity index (χ2n) is 7.99. The molecule has 1 atom stereocenters. The van der Waals surface area contributed by atoms with Gasteiger partial charge in [-0.25, -0.2) is 4.79 Å². The molecule has 1 aliphatic rings. The smallest absolute Gasteiger partial charge is 0.337 e. The largest absolute Gasteiger partial charge is 0.465 e. The normalized spacial score (nSPS) is 16.3. The summed E-state index contributed by atoms with van der Waals surface area (Å²) in [7, 11) is 1.40. The number of hydrogen-bond acceptors (Lipinski definition) is 5. The molecule has 2 aromatic rings. The fourth-order valence-electron chi connectivity index (χ4n) is 4.23. The number of carbonyl (C=O) groups is 1. The molecule has 1 saturated heterocycles. The molecule has 162 valence electrons. The van der Waals surface area contributed by atoms with Gasteiger partial charge in [0.2, 0.25) is 0 Å². The van der Waals surface area contributed by atoms with E-state index >= 15 is 0 Å². The predicted molar refractivity (Wildman–Crippen MR) is 123 cm³/mol. The first-order valence-corrected chi connectivity index (χ1v) is 11.0. The molecule has 2 N–H and O–H groups in total. The lowest BCUT2D eigenvalue weighted by Gasteiger charge is -2.42. The van der Waals surface area contributed by atoms with Crippen LogP contribution in [0.25, 0.3) is 0 Å². The van der Waals surface area contributed by atoms with Crippen LogP contribution in [-0.2, 0) is 11.3 Å². The molecule has 0 aliphatic carbocycles. The van der Waals surface area contributed by atoms with Crippen molar-refractivity contribution in [1.82, 2.24) is 4.90 Å². The Balaban J connectivity index is 1.79. The number of hydrogen-bond donors (Lipinski definition) is 1. The Morgan fingerprint density at radius 3 is 2.53 bits per heavy atom. The summed E-state index contributed by atoms with van der Waals surface area (Å²) in [4.78, 5) is 16.8. The molecule has 1 unspecified atom stereocenters. The summed E-state index contributed by atoms with van der Waals surface area (Å²) in [6.45, 7) is 5.91. The van der Waals surface area contributed by atoms with Crippen LogP contribution in [0.1, 0.15) is 42.1 Å². The number of likely N-dealkylation sites (tertiary alicyclic amines) is 1. The molecule has 1 fully saturated rings. The number of methoxy groups -OCH3 is 1. The van der Waals surface area contributed by atoms with Crippen LogP contribution >= 0.6 is 11.6 Å². The minimum absolute atomic E-state index is 0.315. The van der Waals surface area contributed by atoms with Crippen molar-refractivity contribution in [2.24, 2.45) is 5.73 Å². The molecular weight excluding hydrogens is 398 g/mol. The third kappa shape index (κ3) is 5.75. The minimum atomic E-state index is -0.315. The van der Waals surface area contributed by atoms with Gasteiger partial charge in [-0.2, -0.15) is 0 Å². The lowest BCUT2D eigenvalue weighted by molar-refractivity contribution is 0.0601. The molecule has 0 amide bonds. The zero-order valence-electron chi connectivity index (χ0n) is 17.9. The van der Waals surface area contributed by atoms with Gasteiger partial charge in [0, 0.05) is 42.4 Å². The van der Waals surface area contributed by atoms with Crippen LogP contribution in [0.3, 0.4) is 0 Å². The van der Waals surface area contributed by atoms with Crippen LogP contribution in [0.4, 0.5) is 5.69 Å². The molecule has 2 aromatic carbocycles. The van der Waals surface area contributed by atoms with Crippen LogP contribution in [-0.4, -0.2) is 49.7 Å². The Hall–Kier alpha value is -2.08. The quantitative estimate of drug-likeness (QED) is 0.632. The van der Waals surface area contributed by atoms with Crippen LogP contribution in [0.5, 0.6) is 0 Å². The van der Waals surface area contributed by atoms with Crippen molar-refractivity contribution in [1.29, 1.82) is 0 Å². The maximum Gasteiger partial charge on any atom is 0.337 e. The third-order valence-corrected chi connectivity index (χ3v) is 6.24. The van der Waals surface area contributed by atoms with Crippen LogP contribution in [0.2, 0.25) is 5.02 Å². The van der Waals surface area contributed by atoms with E-state index < -0.39 is 0 Å². The summed E-state index contributed by atoms with van der Waals surface area (Å²) >= 11 is 6.23. The molecule has 0 bridgehead atoms. The van der Waals surface area contributed by atoms with Crippen molar-refractivity contribution in [3.63, 3.8) is 0 Å². The minimum Gasteiger partial charge on any atom is -0.465 e. The Labute approximate surface area is 184 Å². The Morgan fingerprint density at radius 1 is 1.23 bits per heavy atom. The predicted octanol–water partition coefficient (Wildman–Crippen LogP) is 4.33. The number of carbonyl (C=O) groups excluding carboxylic acids is 1. The Bertz CT molecular complexity index is 819. The summed E-state index contributed by atoms with van der Waals surface area (Å²) in [5, 5.41) is 0.749. The topological polar surface area (TPSA) is 58.8 Å². The maximum atomic E-state index is 11.8. The fraction of sp³-hybridized carbons (Fsp3) is 0.458. The molecule has 0 aromatic heterocycles. The second-order valence-corrected chi connectivity index (χ2v) is 8.43. The number of benzene rings is 2. The molecule has 6 heteroatoms. The maximum absolute atomic E-state index is 11.8. The van der Waals surface area contributed by atoms with E-state index in [0.29, 0.717) is 17.6 Å². The van der Waals surface area contributed by atoms with Gasteiger partial charge in [-0.1, -0.05) is 23.7 Å². The fourth-order valence-corrected chi connectivity index (χ4v) is 4.44. The van der Waals surface area contributed by atoms with Crippen LogP contribution < -0.4 is 10.6 Å². The molecule has 1 heterocycles. The Kier molecular flexibility index (Phi) is 8.14. The first kappa shape index (κ1) is 22.6. The van der Waals surface area contributed by atoms with E-state index in [2.05, 4.69) is 22.8 Å². The van der Waals surface area contributed by atoms with E-state index in [1.165, 1.54) is 12.7 Å². The van der Waals surface area contributed by atoms with Gasteiger partial charge in [0.25, 0.3) is 0 Å².